The molecule has 0 spiro atoms. The van der Waals surface area contributed by atoms with Gasteiger partial charge >= 0.3 is 5.69 Å². The molecule has 0 saturated carbocycles. The van der Waals surface area contributed by atoms with Crippen LogP contribution in [0.2, 0.25) is 0 Å². The van der Waals surface area contributed by atoms with Crippen LogP contribution in [0.4, 0.5) is 4.39 Å². The molecule has 2 heterocycles. The zero-order chi connectivity index (χ0) is 12.6. The first kappa shape index (κ1) is 12.0. The fourth-order valence-corrected chi connectivity index (χ4v) is 1.72. The van der Waals surface area contributed by atoms with Crippen LogP contribution in [0.25, 0.3) is 0 Å². The summed E-state index contributed by atoms with van der Waals surface area (Å²) >= 11 is 0. The second-order valence-electron chi connectivity index (χ2n) is 3.76. The van der Waals surface area contributed by atoms with Gasteiger partial charge in [0.2, 0.25) is 5.82 Å². The molecule has 1 aromatic rings. The van der Waals surface area contributed by atoms with E-state index >= 15 is 0 Å². The van der Waals surface area contributed by atoms with Crippen LogP contribution in [-0.2, 0) is 4.74 Å². The third-order valence-corrected chi connectivity index (χ3v) is 2.62. The lowest BCUT2D eigenvalue weighted by molar-refractivity contribution is -0.0462. The maximum Gasteiger partial charge on any atom is 0.330 e. The van der Waals surface area contributed by atoms with Crippen molar-refractivity contribution in [3.63, 3.8) is 0 Å². The Morgan fingerprint density at radius 1 is 1.59 bits per heavy atom. The van der Waals surface area contributed by atoms with Gasteiger partial charge in [0, 0.05) is 6.42 Å². The average Bonchev–Trinajstić information content (AvgIpc) is 2.65. The highest BCUT2D eigenvalue weighted by atomic mass is 19.1. The standard InChI is InChI=1S/C9H11FN2O5/c10-4-2-12(9(16)11-8(4)15)7-1-5(14)6(3-13)17-7/h2,5-7,13-14H,1,3H2,(H,11,15,16)/t5?,6?,7-/m0/s1. The summed E-state index contributed by atoms with van der Waals surface area (Å²) in [6.45, 7) is -0.405. The van der Waals surface area contributed by atoms with Gasteiger partial charge in [-0.05, 0) is 0 Å². The van der Waals surface area contributed by atoms with Crippen molar-refractivity contribution in [2.45, 2.75) is 24.9 Å². The molecular formula is C9H11FN2O5. The Kier molecular flexibility index (Phi) is 3.09. The molecule has 1 aromatic heterocycles. The highest BCUT2D eigenvalue weighted by molar-refractivity contribution is 4.90. The molecule has 2 rings (SSSR count). The van der Waals surface area contributed by atoms with E-state index in [0.717, 1.165) is 10.8 Å². The van der Waals surface area contributed by atoms with Crippen LogP contribution >= 0.6 is 0 Å². The molecule has 0 aliphatic carbocycles. The van der Waals surface area contributed by atoms with Gasteiger partial charge in [-0.2, -0.15) is 4.39 Å². The normalized spacial score (nSPS) is 28.5. The topological polar surface area (TPSA) is 105 Å². The molecular weight excluding hydrogens is 235 g/mol. The van der Waals surface area contributed by atoms with Crippen LogP contribution in [0.5, 0.6) is 0 Å². The number of hydrogen-bond donors (Lipinski definition) is 3. The lowest BCUT2D eigenvalue weighted by Gasteiger charge is -2.13. The summed E-state index contributed by atoms with van der Waals surface area (Å²) in [5, 5.41) is 18.3. The van der Waals surface area contributed by atoms with Crippen LogP contribution in [0.3, 0.4) is 0 Å². The van der Waals surface area contributed by atoms with Gasteiger partial charge in [0.1, 0.15) is 12.3 Å². The second-order valence-corrected chi connectivity index (χ2v) is 3.76. The Morgan fingerprint density at radius 2 is 2.29 bits per heavy atom. The quantitative estimate of drug-likeness (QED) is 0.578. The molecule has 0 aromatic carbocycles. The first-order chi connectivity index (χ1) is 8.02. The lowest BCUT2D eigenvalue weighted by atomic mass is 10.2. The molecule has 0 amide bonds. The van der Waals surface area contributed by atoms with E-state index in [-0.39, 0.29) is 6.42 Å². The molecule has 1 saturated heterocycles. The van der Waals surface area contributed by atoms with Gasteiger partial charge in [0.15, 0.2) is 0 Å². The molecule has 17 heavy (non-hydrogen) atoms. The summed E-state index contributed by atoms with van der Waals surface area (Å²) in [6.07, 6.45) is -1.90. The average molecular weight is 246 g/mol. The Hall–Kier alpha value is -1.51. The zero-order valence-corrected chi connectivity index (χ0v) is 8.67. The second kappa shape index (κ2) is 4.40. The van der Waals surface area contributed by atoms with Crippen LogP contribution in [0.15, 0.2) is 15.8 Å². The van der Waals surface area contributed by atoms with Gasteiger partial charge in [-0.25, -0.2) is 4.79 Å². The number of aliphatic hydroxyl groups excluding tert-OH is 2. The van der Waals surface area contributed by atoms with Crippen LogP contribution < -0.4 is 11.2 Å². The summed E-state index contributed by atoms with van der Waals surface area (Å²) < 4.78 is 19.0. The first-order valence-electron chi connectivity index (χ1n) is 4.98. The number of nitrogens with zero attached hydrogens (tertiary/aromatic N) is 1. The molecule has 3 N–H and O–H groups in total. The Bertz CT molecular complexity index is 525. The number of aromatic amines is 1. The van der Waals surface area contributed by atoms with Crippen LogP contribution in [-0.4, -0.2) is 38.6 Å². The van der Waals surface area contributed by atoms with Crippen molar-refractivity contribution in [3.05, 3.63) is 32.9 Å². The monoisotopic (exact) mass is 246 g/mol. The minimum absolute atomic E-state index is 0.0383. The predicted octanol–water partition coefficient (Wildman–Crippen LogP) is -1.68. The van der Waals surface area contributed by atoms with E-state index in [1.807, 2.05) is 0 Å². The SMILES string of the molecule is O=c1[nH]c(=O)n([C@@H]2CC(O)C(CO)O2)cc1F. The summed E-state index contributed by atoms with van der Waals surface area (Å²) in [4.78, 5) is 24.0. The maximum atomic E-state index is 13.0. The zero-order valence-electron chi connectivity index (χ0n) is 8.67. The highest BCUT2D eigenvalue weighted by Gasteiger charge is 2.35. The van der Waals surface area contributed by atoms with Gasteiger partial charge < -0.3 is 14.9 Å². The van der Waals surface area contributed by atoms with Crippen LogP contribution in [0, 0.1) is 5.82 Å². The van der Waals surface area contributed by atoms with Crippen LogP contribution in [0.1, 0.15) is 12.6 Å². The number of H-pyrrole nitrogens is 1. The van der Waals surface area contributed by atoms with E-state index < -0.39 is 42.1 Å². The first-order valence-corrected chi connectivity index (χ1v) is 4.98. The summed E-state index contributed by atoms with van der Waals surface area (Å²) in [6, 6.07) is 0. The van der Waals surface area contributed by atoms with E-state index in [0.29, 0.717) is 0 Å². The maximum absolute atomic E-state index is 13.0. The molecule has 0 bridgehead atoms. The van der Waals surface area contributed by atoms with Crippen molar-refractivity contribution in [2.75, 3.05) is 6.61 Å². The molecule has 94 valence electrons. The molecule has 3 atom stereocenters. The lowest BCUT2D eigenvalue weighted by Crippen LogP contribution is -2.34. The number of ether oxygens (including phenoxy) is 1. The number of nitrogens with one attached hydrogen (secondary N) is 1. The smallest absolute Gasteiger partial charge is 0.330 e. The number of halogens is 1. The predicted molar refractivity (Wildman–Crippen MR) is 52.9 cm³/mol. The summed E-state index contributed by atoms with van der Waals surface area (Å²) in [5.41, 5.74) is -1.93. The third-order valence-electron chi connectivity index (χ3n) is 2.62. The number of rotatable bonds is 2. The van der Waals surface area contributed by atoms with E-state index in [1.54, 1.807) is 4.98 Å². The van der Waals surface area contributed by atoms with Crippen molar-refractivity contribution in [2.24, 2.45) is 0 Å². The number of hydrogen-bond acceptors (Lipinski definition) is 5. The molecule has 1 aliphatic heterocycles. The van der Waals surface area contributed by atoms with E-state index in [9.17, 15) is 19.1 Å². The number of aliphatic hydroxyl groups is 2. The van der Waals surface area contributed by atoms with Gasteiger partial charge in [0.05, 0.1) is 18.9 Å². The fourth-order valence-electron chi connectivity index (χ4n) is 1.72. The summed E-state index contributed by atoms with van der Waals surface area (Å²) in [5.74, 6) is -1.12. The molecule has 8 heteroatoms. The molecule has 2 unspecified atom stereocenters. The van der Waals surface area contributed by atoms with Gasteiger partial charge in [0.25, 0.3) is 5.56 Å². The molecule has 1 fully saturated rings. The highest BCUT2D eigenvalue weighted by Crippen LogP contribution is 2.26. The van der Waals surface area contributed by atoms with Crippen molar-refractivity contribution in [1.29, 1.82) is 0 Å². The Labute approximate surface area is 94.1 Å². The fraction of sp³-hybridized carbons (Fsp3) is 0.556. The minimum Gasteiger partial charge on any atom is -0.394 e. The minimum atomic E-state index is -1.12. The van der Waals surface area contributed by atoms with Gasteiger partial charge in [-0.15, -0.1) is 0 Å². The number of aromatic nitrogens is 2. The molecule has 1 aliphatic rings. The Morgan fingerprint density at radius 3 is 2.88 bits per heavy atom. The van der Waals surface area contributed by atoms with E-state index in [1.165, 1.54) is 0 Å². The van der Waals surface area contributed by atoms with Crippen molar-refractivity contribution in [1.82, 2.24) is 9.55 Å². The Balaban J connectivity index is 2.34. The third kappa shape index (κ3) is 2.14. The van der Waals surface area contributed by atoms with Crippen molar-refractivity contribution in [3.8, 4) is 0 Å². The van der Waals surface area contributed by atoms with Gasteiger partial charge in [-0.1, -0.05) is 0 Å². The van der Waals surface area contributed by atoms with Crippen molar-refractivity contribution < 1.29 is 19.3 Å². The van der Waals surface area contributed by atoms with Gasteiger partial charge in [-0.3, -0.25) is 14.3 Å². The van der Waals surface area contributed by atoms with Crippen molar-refractivity contribution >= 4 is 0 Å². The molecule has 7 nitrogen and oxygen atoms in total. The van der Waals surface area contributed by atoms with E-state index in [2.05, 4.69) is 0 Å². The molecule has 0 radical (unpaired) electrons. The largest absolute Gasteiger partial charge is 0.394 e. The summed E-state index contributed by atoms with van der Waals surface area (Å²) in [7, 11) is 0. The van der Waals surface area contributed by atoms with E-state index in [4.69, 9.17) is 9.84 Å².